The molecule has 2 atom stereocenters. The standard InChI is InChI=1S/C20H28N2O2S.C2H6O.C2H2/c1-5-6-7-10-15(2)19-18(23)20(24)22(14-13-21(3)4)16-11-8-9-12-17(16)25-19;1-3-2;1-2/h5-6,8-12,18-19,23H,7,13-14H2,1-4H3;1-2H3;1-2H/b6-5-,15-10+;;. The SMILES string of the molecule is C#C.C/C=C\C/C=C(\C)C1Sc2ccccc2N(CCN(C)C)C(=O)C1O.COC. The van der Waals surface area contributed by atoms with Crippen LogP contribution in [0.25, 0.3) is 0 Å². The summed E-state index contributed by atoms with van der Waals surface area (Å²) < 4.78 is 4.25. The van der Waals surface area contributed by atoms with Crippen molar-refractivity contribution in [1.82, 2.24) is 4.90 Å². The van der Waals surface area contributed by atoms with Crippen molar-refractivity contribution < 1.29 is 14.6 Å². The molecule has 0 aliphatic carbocycles. The van der Waals surface area contributed by atoms with Gasteiger partial charge in [0.15, 0.2) is 0 Å². The maximum atomic E-state index is 13.0. The number of thioether (sulfide) groups is 1. The van der Waals surface area contributed by atoms with Crippen LogP contribution in [0.15, 0.2) is 53.0 Å². The molecule has 5 nitrogen and oxygen atoms in total. The van der Waals surface area contributed by atoms with E-state index in [1.54, 1.807) is 30.9 Å². The van der Waals surface area contributed by atoms with E-state index in [4.69, 9.17) is 0 Å². The summed E-state index contributed by atoms with van der Waals surface area (Å²) in [6.07, 6.45) is 13.9. The minimum absolute atomic E-state index is 0.219. The first-order valence-electron chi connectivity index (χ1n) is 9.78. The predicted molar refractivity (Wildman–Crippen MR) is 129 cm³/mol. The van der Waals surface area contributed by atoms with Gasteiger partial charge in [-0.25, -0.2) is 0 Å². The zero-order valence-electron chi connectivity index (χ0n) is 19.0. The molecule has 1 aliphatic heterocycles. The number of amides is 1. The summed E-state index contributed by atoms with van der Waals surface area (Å²) in [6.45, 7) is 5.29. The zero-order chi connectivity index (χ0) is 23.1. The topological polar surface area (TPSA) is 53.0 Å². The van der Waals surface area contributed by atoms with Crippen LogP contribution in [-0.2, 0) is 9.53 Å². The van der Waals surface area contributed by atoms with Gasteiger partial charge in [0.25, 0.3) is 5.91 Å². The minimum Gasteiger partial charge on any atom is -0.388 e. The Kier molecular flexibility index (Phi) is 14.7. The van der Waals surface area contributed by atoms with Crippen molar-refractivity contribution in [1.29, 1.82) is 0 Å². The Morgan fingerprint density at radius 3 is 2.47 bits per heavy atom. The lowest BCUT2D eigenvalue weighted by atomic mass is 10.1. The molecule has 166 valence electrons. The summed E-state index contributed by atoms with van der Waals surface area (Å²) in [5.41, 5.74) is 1.93. The van der Waals surface area contributed by atoms with Crippen molar-refractivity contribution >= 4 is 23.4 Å². The number of ether oxygens (including phenoxy) is 1. The van der Waals surface area contributed by atoms with Crippen LogP contribution in [-0.4, -0.2) is 68.7 Å². The first-order valence-corrected chi connectivity index (χ1v) is 10.7. The second-order valence-corrected chi connectivity index (χ2v) is 8.09. The Bertz CT molecular complexity index is 713. The number of benzene rings is 1. The van der Waals surface area contributed by atoms with E-state index in [1.807, 2.05) is 63.2 Å². The number of nitrogens with zero attached hydrogens (tertiary/aromatic N) is 2. The number of fused-ring (bicyclic) bond motifs is 1. The summed E-state index contributed by atoms with van der Waals surface area (Å²) in [7, 11) is 7.21. The van der Waals surface area contributed by atoms with Gasteiger partial charge in [0.1, 0.15) is 6.10 Å². The number of terminal acetylenes is 1. The largest absolute Gasteiger partial charge is 0.388 e. The van der Waals surface area contributed by atoms with Crippen molar-refractivity contribution in [3.63, 3.8) is 0 Å². The molecule has 6 heteroatoms. The smallest absolute Gasteiger partial charge is 0.257 e. The highest BCUT2D eigenvalue weighted by Gasteiger charge is 2.36. The Morgan fingerprint density at radius 1 is 1.30 bits per heavy atom. The highest BCUT2D eigenvalue weighted by Crippen LogP contribution is 2.40. The summed E-state index contributed by atoms with van der Waals surface area (Å²) in [4.78, 5) is 17.8. The number of aliphatic hydroxyl groups excluding tert-OH is 1. The number of likely N-dealkylation sites (N-methyl/N-ethyl adjacent to an activating group) is 1. The molecule has 2 unspecified atom stereocenters. The Morgan fingerprint density at radius 2 is 1.90 bits per heavy atom. The summed E-state index contributed by atoms with van der Waals surface area (Å²) >= 11 is 1.58. The number of carbonyl (C=O) groups is 1. The van der Waals surface area contributed by atoms with Crippen molar-refractivity contribution in [2.24, 2.45) is 0 Å². The van der Waals surface area contributed by atoms with E-state index in [0.717, 1.165) is 29.1 Å². The minimum atomic E-state index is -1.04. The number of rotatable bonds is 6. The van der Waals surface area contributed by atoms with Gasteiger partial charge in [0, 0.05) is 32.2 Å². The third-order valence-electron chi connectivity index (χ3n) is 4.25. The van der Waals surface area contributed by atoms with E-state index in [9.17, 15) is 9.90 Å². The second kappa shape index (κ2) is 15.8. The number of aliphatic hydroxyl groups is 1. The Labute approximate surface area is 186 Å². The third-order valence-corrected chi connectivity index (χ3v) is 5.73. The van der Waals surface area contributed by atoms with Gasteiger partial charge in [0.2, 0.25) is 0 Å². The molecule has 1 aromatic rings. The quantitative estimate of drug-likeness (QED) is 0.547. The average Bonchev–Trinajstić information content (AvgIpc) is 2.84. The molecule has 1 aliphatic rings. The fourth-order valence-corrected chi connectivity index (χ4v) is 4.02. The Balaban J connectivity index is 0.00000154. The summed E-state index contributed by atoms with van der Waals surface area (Å²) in [6, 6.07) is 7.91. The number of hydrogen-bond acceptors (Lipinski definition) is 5. The van der Waals surface area contributed by atoms with Crippen molar-refractivity contribution in [2.45, 2.75) is 36.5 Å². The number of hydrogen-bond donors (Lipinski definition) is 1. The van der Waals surface area contributed by atoms with Crippen LogP contribution in [0.2, 0.25) is 0 Å². The van der Waals surface area contributed by atoms with Gasteiger partial charge in [0.05, 0.1) is 10.9 Å². The molecule has 0 saturated carbocycles. The Hall–Kier alpha value is -2.04. The van der Waals surface area contributed by atoms with Crippen molar-refractivity contribution in [2.75, 3.05) is 46.3 Å². The highest BCUT2D eigenvalue weighted by molar-refractivity contribution is 8.00. The van der Waals surface area contributed by atoms with Crippen LogP contribution in [0, 0.1) is 12.8 Å². The van der Waals surface area contributed by atoms with E-state index >= 15 is 0 Å². The lowest BCUT2D eigenvalue weighted by Gasteiger charge is -2.26. The molecule has 0 spiro atoms. The normalized spacial score (nSPS) is 18.8. The zero-order valence-corrected chi connectivity index (χ0v) is 19.9. The molecule has 1 heterocycles. The molecule has 0 bridgehead atoms. The van der Waals surface area contributed by atoms with E-state index < -0.39 is 6.10 Å². The molecular formula is C24H36N2O3S. The molecule has 0 aromatic heterocycles. The number of anilines is 1. The predicted octanol–water partition coefficient (Wildman–Crippen LogP) is 3.84. The summed E-state index contributed by atoms with van der Waals surface area (Å²) in [5.74, 6) is -0.219. The molecule has 1 amide bonds. The molecule has 0 saturated heterocycles. The lowest BCUT2D eigenvalue weighted by Crippen LogP contribution is -2.45. The average molecular weight is 433 g/mol. The van der Waals surface area contributed by atoms with Gasteiger partial charge in [-0.2, -0.15) is 0 Å². The van der Waals surface area contributed by atoms with Gasteiger partial charge < -0.3 is 19.6 Å². The van der Waals surface area contributed by atoms with E-state index in [1.165, 1.54) is 0 Å². The third kappa shape index (κ3) is 8.76. The van der Waals surface area contributed by atoms with Gasteiger partial charge in [-0.05, 0) is 46.5 Å². The molecule has 30 heavy (non-hydrogen) atoms. The van der Waals surface area contributed by atoms with Gasteiger partial charge in [-0.15, -0.1) is 24.6 Å². The van der Waals surface area contributed by atoms with E-state index in [2.05, 4.69) is 29.7 Å². The van der Waals surface area contributed by atoms with Gasteiger partial charge >= 0.3 is 0 Å². The second-order valence-electron chi connectivity index (χ2n) is 6.91. The fraction of sp³-hybridized carbons (Fsp3) is 0.458. The van der Waals surface area contributed by atoms with Crippen LogP contribution >= 0.6 is 11.8 Å². The van der Waals surface area contributed by atoms with Crippen LogP contribution in [0.3, 0.4) is 0 Å². The first kappa shape index (κ1) is 28.0. The van der Waals surface area contributed by atoms with Crippen LogP contribution in [0.1, 0.15) is 20.3 Å². The molecule has 2 rings (SSSR count). The van der Waals surface area contributed by atoms with Gasteiger partial charge in [-0.1, -0.05) is 35.9 Å². The number of carbonyl (C=O) groups excluding carboxylic acids is 1. The van der Waals surface area contributed by atoms with Crippen molar-refractivity contribution in [3.05, 3.63) is 48.1 Å². The monoisotopic (exact) mass is 432 g/mol. The number of methoxy groups -OCH3 is 1. The molecule has 1 N–H and O–H groups in total. The highest BCUT2D eigenvalue weighted by atomic mass is 32.2. The number of allylic oxidation sites excluding steroid dienone is 3. The fourth-order valence-electron chi connectivity index (χ4n) is 2.77. The van der Waals surface area contributed by atoms with Crippen molar-refractivity contribution in [3.8, 4) is 12.8 Å². The van der Waals surface area contributed by atoms with Crippen LogP contribution in [0.5, 0.6) is 0 Å². The summed E-state index contributed by atoms with van der Waals surface area (Å²) in [5, 5.41) is 10.5. The maximum absolute atomic E-state index is 13.0. The lowest BCUT2D eigenvalue weighted by molar-refractivity contribution is -0.126. The van der Waals surface area contributed by atoms with Gasteiger partial charge in [-0.3, -0.25) is 4.79 Å². The van der Waals surface area contributed by atoms with Crippen LogP contribution in [0.4, 0.5) is 5.69 Å². The van der Waals surface area contributed by atoms with Crippen LogP contribution < -0.4 is 4.90 Å². The maximum Gasteiger partial charge on any atom is 0.257 e. The molecule has 0 radical (unpaired) electrons. The molecular weight excluding hydrogens is 396 g/mol. The van der Waals surface area contributed by atoms with E-state index in [-0.39, 0.29) is 11.2 Å². The first-order chi connectivity index (χ1) is 14.4. The number of para-hydroxylation sites is 1. The molecule has 0 fully saturated rings. The molecule has 1 aromatic carbocycles. The van der Waals surface area contributed by atoms with E-state index in [0.29, 0.717) is 6.54 Å².